The zero-order chi connectivity index (χ0) is 33.7. The molecule has 0 aliphatic heterocycles. The van der Waals surface area contributed by atoms with E-state index in [1.807, 2.05) is 6.21 Å². The first kappa shape index (κ1) is 43.4. The Balaban J connectivity index is 0.000000454. The number of phenolic OH excluding ortho intramolecular Hbond substituents is 1. The summed E-state index contributed by atoms with van der Waals surface area (Å²) in [5.74, 6) is 2.70. The summed E-state index contributed by atoms with van der Waals surface area (Å²) in [6.45, 7) is 28.7. The van der Waals surface area contributed by atoms with Gasteiger partial charge in [-0.3, -0.25) is 4.99 Å². The second-order valence-electron chi connectivity index (χ2n) is 16.9. The van der Waals surface area contributed by atoms with E-state index in [1.165, 1.54) is 61.6 Å². The van der Waals surface area contributed by atoms with Crippen LogP contribution >= 0.6 is 0 Å². The van der Waals surface area contributed by atoms with E-state index in [9.17, 15) is 5.11 Å². The van der Waals surface area contributed by atoms with E-state index in [0.717, 1.165) is 40.8 Å². The third-order valence-electron chi connectivity index (χ3n) is 10.1. The molecule has 3 nitrogen and oxygen atoms in total. The molecule has 0 saturated heterocycles. The van der Waals surface area contributed by atoms with Gasteiger partial charge >= 0.3 is 0 Å². The number of aryl methyl sites for hydroxylation is 1. The van der Waals surface area contributed by atoms with Crippen LogP contribution in [0.4, 0.5) is 0 Å². The summed E-state index contributed by atoms with van der Waals surface area (Å²) in [7, 11) is 0. The summed E-state index contributed by atoms with van der Waals surface area (Å²) in [5.41, 5.74) is 8.71. The molecule has 2 N–H and O–H groups in total. The molecular weight excluding hydrogens is 652 g/mol. The fourth-order valence-corrected chi connectivity index (χ4v) is 7.34. The standard InChI is InChI=1S/C22H35NO.C20H30N.CH3.Zr/c1-15(2)11-17-12-18(21(24)19(13-17)22(4,5)6)14-23-20-10-8-7-9-16(20)3;1-13-11-17(15(3)18(12-13)20(4,5)6)19(21)16-10-8-7-9-14(16)2;;/h12-16,20,24H,7-11H2,1-6H3;11-12,14,16,21H,3,7-10H2,1-2,4-6H3;1H3;/q;2*-1;. The maximum Gasteiger partial charge on any atom is 0.128 e. The van der Waals surface area contributed by atoms with Gasteiger partial charge in [0.25, 0.3) is 0 Å². The van der Waals surface area contributed by atoms with E-state index in [2.05, 4.69) is 107 Å². The Kier molecular flexibility index (Phi) is 16.9. The van der Waals surface area contributed by atoms with E-state index in [4.69, 9.17) is 10.4 Å². The molecule has 2 aromatic rings. The van der Waals surface area contributed by atoms with Gasteiger partial charge in [0.05, 0.1) is 6.04 Å². The van der Waals surface area contributed by atoms with Crippen LogP contribution in [0.15, 0.2) is 29.3 Å². The molecular formula is C43H68N2OZr-2. The summed E-state index contributed by atoms with van der Waals surface area (Å²) in [6, 6.07) is 9.12. The van der Waals surface area contributed by atoms with Crippen molar-refractivity contribution in [3.05, 3.63) is 77.6 Å². The van der Waals surface area contributed by atoms with Gasteiger partial charge in [-0.15, -0.1) is 23.3 Å². The van der Waals surface area contributed by atoms with E-state index < -0.39 is 0 Å². The predicted molar refractivity (Wildman–Crippen MR) is 203 cm³/mol. The van der Waals surface area contributed by atoms with Crippen LogP contribution in [-0.2, 0) is 43.5 Å². The van der Waals surface area contributed by atoms with Crippen LogP contribution in [0.1, 0.15) is 160 Å². The number of phenols is 1. The van der Waals surface area contributed by atoms with Gasteiger partial charge in [0, 0.05) is 43.5 Å². The first-order chi connectivity index (χ1) is 20.9. The van der Waals surface area contributed by atoms with Gasteiger partial charge in [-0.05, 0) is 79.0 Å². The molecule has 4 rings (SSSR count). The van der Waals surface area contributed by atoms with E-state index in [0.29, 0.717) is 35.5 Å². The number of aliphatic imine (C=N–C) groups is 1. The zero-order valence-corrected chi connectivity index (χ0v) is 34.7. The van der Waals surface area contributed by atoms with Crippen LogP contribution in [0.3, 0.4) is 0 Å². The Hall–Kier alpha value is -1.67. The summed E-state index contributed by atoms with van der Waals surface area (Å²) in [5, 5.41) is 19.5. The minimum atomic E-state index is -0.0716. The number of hydrogen-bond donors (Lipinski definition) is 2. The van der Waals surface area contributed by atoms with Crippen LogP contribution in [0, 0.1) is 50.4 Å². The quantitative estimate of drug-likeness (QED) is 0.227. The molecule has 0 aromatic heterocycles. The fraction of sp³-hybridized carbons (Fsp3) is 0.628. The van der Waals surface area contributed by atoms with Crippen molar-refractivity contribution in [2.45, 2.75) is 151 Å². The van der Waals surface area contributed by atoms with E-state index in [-0.39, 0.29) is 44.5 Å². The average Bonchev–Trinajstić information content (AvgIpc) is 2.93. The van der Waals surface area contributed by atoms with E-state index >= 15 is 0 Å². The fourth-order valence-electron chi connectivity index (χ4n) is 7.34. The van der Waals surface area contributed by atoms with Gasteiger partial charge in [-0.1, -0.05) is 118 Å². The van der Waals surface area contributed by atoms with Crippen molar-refractivity contribution >= 4 is 11.9 Å². The van der Waals surface area contributed by atoms with Crippen LogP contribution in [0.25, 0.3) is 0 Å². The maximum atomic E-state index is 10.8. The van der Waals surface area contributed by atoms with Crippen LogP contribution in [-0.4, -0.2) is 23.1 Å². The van der Waals surface area contributed by atoms with Crippen LogP contribution in [0.2, 0.25) is 0 Å². The average molecular weight is 720 g/mol. The number of hydrogen-bond acceptors (Lipinski definition) is 3. The summed E-state index contributed by atoms with van der Waals surface area (Å²) >= 11 is 0. The monoisotopic (exact) mass is 718 g/mol. The first-order valence-electron chi connectivity index (χ1n) is 17.9. The van der Waals surface area contributed by atoms with Crippen molar-refractivity contribution in [1.29, 1.82) is 5.41 Å². The maximum absolute atomic E-state index is 10.8. The van der Waals surface area contributed by atoms with E-state index in [1.54, 1.807) is 0 Å². The largest absolute Gasteiger partial charge is 0.507 e. The molecule has 2 aromatic carbocycles. The Morgan fingerprint density at radius 3 is 1.98 bits per heavy atom. The van der Waals surface area contributed by atoms with Crippen LogP contribution in [0.5, 0.6) is 5.75 Å². The Morgan fingerprint density at radius 2 is 1.45 bits per heavy atom. The number of nitrogens with one attached hydrogen (secondary N) is 1. The number of benzene rings is 2. The van der Waals surface area contributed by atoms with Crippen molar-refractivity contribution in [3.63, 3.8) is 0 Å². The SMILES string of the molecule is CC(C)Cc1cc(C=NC2CCCCC2C)c(O)c(C(C)(C)C)c1.[CH2-]c1c(C(=N)C2CCCCC2C)cc(C)cc1C(C)(C)C.[CH3-].[Zr]. The molecule has 4 heteroatoms. The van der Waals surface area contributed by atoms with Crippen molar-refractivity contribution in [1.82, 2.24) is 0 Å². The molecule has 4 atom stereocenters. The van der Waals surface area contributed by atoms with Crippen LogP contribution < -0.4 is 0 Å². The number of nitrogens with zero attached hydrogens (tertiary/aromatic N) is 1. The van der Waals surface area contributed by atoms with Gasteiger partial charge in [0.2, 0.25) is 0 Å². The zero-order valence-electron chi connectivity index (χ0n) is 32.2. The summed E-state index contributed by atoms with van der Waals surface area (Å²) in [6.07, 6.45) is 13.0. The summed E-state index contributed by atoms with van der Waals surface area (Å²) < 4.78 is 0. The number of rotatable bonds is 6. The molecule has 262 valence electrons. The molecule has 0 bridgehead atoms. The normalized spacial score (nSPS) is 21.8. The second kappa shape index (κ2) is 18.4. The van der Waals surface area contributed by atoms with Crippen molar-refractivity contribution < 1.29 is 31.3 Å². The molecule has 2 fully saturated rings. The Bertz CT molecular complexity index is 1330. The van der Waals surface area contributed by atoms with Gasteiger partial charge < -0.3 is 17.9 Å². The third kappa shape index (κ3) is 12.0. The molecule has 0 radical (unpaired) electrons. The minimum absolute atomic E-state index is 0. The second-order valence-corrected chi connectivity index (χ2v) is 16.9. The molecule has 0 heterocycles. The molecule has 2 aliphatic rings. The Labute approximate surface area is 309 Å². The van der Waals surface area contributed by atoms with Gasteiger partial charge in [-0.25, -0.2) is 0 Å². The van der Waals surface area contributed by atoms with Gasteiger partial charge in [-0.2, -0.15) is 12.5 Å². The van der Waals surface area contributed by atoms with Gasteiger partial charge in [0.1, 0.15) is 5.75 Å². The van der Waals surface area contributed by atoms with Gasteiger partial charge in [0.15, 0.2) is 0 Å². The number of aromatic hydroxyl groups is 1. The predicted octanol–water partition coefficient (Wildman–Crippen LogP) is 12.0. The Morgan fingerprint density at radius 1 is 0.894 bits per heavy atom. The minimum Gasteiger partial charge on any atom is -0.507 e. The topological polar surface area (TPSA) is 56.4 Å². The first-order valence-corrected chi connectivity index (χ1v) is 17.9. The molecule has 47 heavy (non-hydrogen) atoms. The third-order valence-corrected chi connectivity index (χ3v) is 10.1. The van der Waals surface area contributed by atoms with Crippen molar-refractivity contribution in [2.75, 3.05) is 0 Å². The molecule has 2 aliphatic carbocycles. The molecule has 2 saturated carbocycles. The molecule has 0 spiro atoms. The molecule has 4 unspecified atom stereocenters. The van der Waals surface area contributed by atoms with Crippen molar-refractivity contribution in [2.24, 2.45) is 28.7 Å². The smallest absolute Gasteiger partial charge is 0.128 e. The summed E-state index contributed by atoms with van der Waals surface area (Å²) in [4.78, 5) is 4.85. The molecule has 0 amide bonds. The van der Waals surface area contributed by atoms with Crippen molar-refractivity contribution in [3.8, 4) is 5.75 Å².